The van der Waals surface area contributed by atoms with Gasteiger partial charge in [0.25, 0.3) is 0 Å². The fourth-order valence-corrected chi connectivity index (χ4v) is 5.50. The van der Waals surface area contributed by atoms with Crippen molar-refractivity contribution < 1.29 is 9.84 Å². The lowest BCUT2D eigenvalue weighted by atomic mass is 9.89. The third-order valence-corrected chi connectivity index (χ3v) is 6.32. The number of rotatable bonds is 4. The number of piperidine rings is 1. The summed E-state index contributed by atoms with van der Waals surface area (Å²) in [6.45, 7) is 8.41. The zero-order chi connectivity index (χ0) is 19.1. The fourth-order valence-electron chi connectivity index (χ4n) is 4.34. The molecule has 0 aliphatic carbocycles. The van der Waals surface area contributed by atoms with Crippen LogP contribution in [0, 0.1) is 18.8 Å². The molecule has 3 heterocycles. The Morgan fingerprint density at radius 1 is 1.22 bits per heavy atom. The van der Waals surface area contributed by atoms with Crippen molar-refractivity contribution in [1.82, 2.24) is 19.5 Å². The largest absolute Gasteiger partial charge is 0.496 e. The number of methoxy groups -OCH3 is 1. The van der Waals surface area contributed by atoms with E-state index in [1.165, 1.54) is 17.8 Å². The first-order valence-electron chi connectivity index (χ1n) is 9.40. The van der Waals surface area contributed by atoms with Gasteiger partial charge >= 0.3 is 0 Å². The van der Waals surface area contributed by atoms with E-state index in [1.54, 1.807) is 11.6 Å². The van der Waals surface area contributed by atoms with Gasteiger partial charge in [0.1, 0.15) is 11.6 Å². The highest BCUT2D eigenvalue weighted by Gasteiger charge is 2.35. The topological polar surface area (TPSA) is 62.9 Å². The summed E-state index contributed by atoms with van der Waals surface area (Å²) in [7, 11) is 1.70. The molecule has 1 N–H and O–H groups in total. The number of hydrogen-bond donors (Lipinski definition) is 1. The number of nitrogens with zero attached hydrogens (tertiary/aromatic N) is 4. The molecule has 6 nitrogen and oxygen atoms in total. The van der Waals surface area contributed by atoms with Gasteiger partial charge in [-0.05, 0) is 31.2 Å². The normalized spacial score (nSPS) is 22.2. The maximum atomic E-state index is 11.0. The van der Waals surface area contributed by atoms with Gasteiger partial charge in [-0.15, -0.1) is 5.10 Å². The smallest absolute Gasteiger partial charge is 0.230 e. The van der Waals surface area contributed by atoms with Crippen molar-refractivity contribution in [1.29, 1.82) is 0 Å². The van der Waals surface area contributed by atoms with E-state index >= 15 is 0 Å². The Hall–Kier alpha value is -2.12. The predicted octanol–water partition coefficient (Wildman–Crippen LogP) is 3.88. The van der Waals surface area contributed by atoms with E-state index in [1.807, 2.05) is 25.1 Å². The average Bonchev–Trinajstić information content (AvgIpc) is 3.13. The highest BCUT2D eigenvalue weighted by atomic mass is 32.1. The number of ether oxygens (including phenoxy) is 1. The minimum atomic E-state index is -0.0832. The molecular formula is C20H26N4O2S. The van der Waals surface area contributed by atoms with Gasteiger partial charge in [0, 0.05) is 18.7 Å². The van der Waals surface area contributed by atoms with Crippen LogP contribution in [0.5, 0.6) is 11.6 Å². The summed E-state index contributed by atoms with van der Waals surface area (Å²) in [6, 6.07) is 8.00. The Labute approximate surface area is 163 Å². The zero-order valence-corrected chi connectivity index (χ0v) is 17.0. The molecule has 1 aromatic carbocycles. The number of aryl methyl sites for hydroxylation is 1. The standard InChI is InChI=1S/C20H26N4O2S/c1-12-9-13(2)11-23(10-12)17(15-7-5-6-8-16(15)26-4)18-19(25)24-20(27-18)21-14(3)22-24/h5-8,12-13,17,25H,9-11H2,1-4H3/t12-,13+,17-/m1/s1. The molecule has 3 atom stereocenters. The van der Waals surface area contributed by atoms with Crippen LogP contribution in [-0.2, 0) is 0 Å². The van der Waals surface area contributed by atoms with Gasteiger partial charge in [0.2, 0.25) is 10.8 Å². The monoisotopic (exact) mass is 386 g/mol. The van der Waals surface area contributed by atoms with E-state index in [2.05, 4.69) is 34.9 Å². The second-order valence-corrected chi connectivity index (χ2v) is 8.70. The summed E-state index contributed by atoms with van der Waals surface area (Å²) in [5.74, 6) is 2.90. The molecule has 1 saturated heterocycles. The molecule has 1 aliphatic rings. The molecule has 2 aromatic heterocycles. The molecule has 7 heteroatoms. The van der Waals surface area contributed by atoms with E-state index < -0.39 is 0 Å². The molecule has 3 aromatic rings. The summed E-state index contributed by atoms with van der Waals surface area (Å²) in [5.41, 5.74) is 1.07. The fraction of sp³-hybridized carbons (Fsp3) is 0.500. The van der Waals surface area contributed by atoms with Crippen molar-refractivity contribution in [3.05, 3.63) is 40.5 Å². The van der Waals surface area contributed by atoms with Crippen molar-refractivity contribution in [2.45, 2.75) is 33.2 Å². The summed E-state index contributed by atoms with van der Waals surface area (Å²) in [5, 5.41) is 15.3. The minimum absolute atomic E-state index is 0.0832. The van der Waals surface area contributed by atoms with E-state index in [0.717, 1.165) is 34.2 Å². The third-order valence-electron chi connectivity index (χ3n) is 5.25. The van der Waals surface area contributed by atoms with E-state index in [-0.39, 0.29) is 11.9 Å². The number of likely N-dealkylation sites (tertiary alicyclic amines) is 1. The lowest BCUT2D eigenvalue weighted by Crippen LogP contribution is -2.41. The lowest BCUT2D eigenvalue weighted by molar-refractivity contribution is 0.110. The molecule has 144 valence electrons. The molecular weight excluding hydrogens is 360 g/mol. The first-order valence-corrected chi connectivity index (χ1v) is 10.2. The number of para-hydroxylation sites is 1. The van der Waals surface area contributed by atoms with Crippen LogP contribution in [0.3, 0.4) is 0 Å². The second kappa shape index (κ2) is 7.13. The zero-order valence-electron chi connectivity index (χ0n) is 16.2. The van der Waals surface area contributed by atoms with Crippen LogP contribution in [0.25, 0.3) is 4.96 Å². The molecule has 0 saturated carbocycles. The number of benzene rings is 1. The molecule has 1 fully saturated rings. The van der Waals surface area contributed by atoms with E-state index in [0.29, 0.717) is 17.7 Å². The second-order valence-electron chi connectivity index (χ2n) is 7.69. The van der Waals surface area contributed by atoms with Crippen LogP contribution >= 0.6 is 11.3 Å². The number of fused-ring (bicyclic) bond motifs is 1. The SMILES string of the molecule is COc1ccccc1[C@H](c1sc2nc(C)nn2c1O)N1C[C@H](C)C[C@H](C)C1. The molecule has 27 heavy (non-hydrogen) atoms. The Kier molecular flexibility index (Phi) is 4.82. The quantitative estimate of drug-likeness (QED) is 0.737. The molecule has 0 spiro atoms. The average molecular weight is 387 g/mol. The van der Waals surface area contributed by atoms with Crippen molar-refractivity contribution in [2.24, 2.45) is 11.8 Å². The Morgan fingerprint density at radius 2 is 1.93 bits per heavy atom. The molecule has 1 aliphatic heterocycles. The molecule has 0 bridgehead atoms. The molecule has 0 radical (unpaired) electrons. The van der Waals surface area contributed by atoms with Crippen molar-refractivity contribution >= 4 is 16.3 Å². The summed E-state index contributed by atoms with van der Waals surface area (Å²) < 4.78 is 7.22. The van der Waals surface area contributed by atoms with Gasteiger partial charge in [-0.2, -0.15) is 4.52 Å². The van der Waals surface area contributed by atoms with Gasteiger partial charge in [0.05, 0.1) is 18.0 Å². The maximum Gasteiger partial charge on any atom is 0.230 e. The third kappa shape index (κ3) is 3.30. The van der Waals surface area contributed by atoms with Crippen LogP contribution in [-0.4, -0.2) is 44.8 Å². The Morgan fingerprint density at radius 3 is 2.59 bits per heavy atom. The number of aromatic nitrogens is 3. The van der Waals surface area contributed by atoms with Gasteiger partial charge in [-0.25, -0.2) is 4.98 Å². The van der Waals surface area contributed by atoms with Gasteiger partial charge in [-0.1, -0.05) is 43.4 Å². The maximum absolute atomic E-state index is 11.0. The van der Waals surface area contributed by atoms with Gasteiger partial charge < -0.3 is 9.84 Å². The van der Waals surface area contributed by atoms with Gasteiger partial charge in [0.15, 0.2) is 0 Å². The van der Waals surface area contributed by atoms with Crippen molar-refractivity contribution in [3.63, 3.8) is 0 Å². The van der Waals surface area contributed by atoms with Crippen molar-refractivity contribution in [3.8, 4) is 11.6 Å². The van der Waals surface area contributed by atoms with Crippen LogP contribution in [0.4, 0.5) is 0 Å². The highest BCUT2D eigenvalue weighted by Crippen LogP contribution is 2.44. The first-order chi connectivity index (χ1) is 13.0. The lowest BCUT2D eigenvalue weighted by Gasteiger charge is -2.40. The van der Waals surface area contributed by atoms with E-state index in [9.17, 15) is 5.11 Å². The molecule has 4 rings (SSSR count). The number of thiazole rings is 1. The van der Waals surface area contributed by atoms with Crippen LogP contribution in [0.1, 0.15) is 42.6 Å². The first kappa shape index (κ1) is 18.3. The molecule has 0 unspecified atom stereocenters. The number of aromatic hydroxyl groups is 1. The van der Waals surface area contributed by atoms with Gasteiger partial charge in [-0.3, -0.25) is 4.90 Å². The van der Waals surface area contributed by atoms with E-state index in [4.69, 9.17) is 4.74 Å². The summed E-state index contributed by atoms with van der Waals surface area (Å²) in [6.07, 6.45) is 1.23. The molecule has 0 amide bonds. The summed E-state index contributed by atoms with van der Waals surface area (Å²) >= 11 is 1.51. The predicted molar refractivity (Wildman–Crippen MR) is 107 cm³/mol. The highest BCUT2D eigenvalue weighted by molar-refractivity contribution is 7.17. The summed E-state index contributed by atoms with van der Waals surface area (Å²) in [4.78, 5) is 8.51. The Balaban J connectivity index is 1.87. The number of hydrogen-bond acceptors (Lipinski definition) is 6. The minimum Gasteiger partial charge on any atom is -0.496 e. The van der Waals surface area contributed by atoms with Crippen LogP contribution in [0.15, 0.2) is 24.3 Å². The van der Waals surface area contributed by atoms with Crippen LogP contribution < -0.4 is 4.74 Å². The van der Waals surface area contributed by atoms with Crippen LogP contribution in [0.2, 0.25) is 0 Å². The van der Waals surface area contributed by atoms with Crippen molar-refractivity contribution in [2.75, 3.05) is 20.2 Å². The Bertz CT molecular complexity index is 941.